The molecule has 0 radical (unpaired) electrons. The van der Waals surface area contributed by atoms with E-state index in [4.69, 9.17) is 0 Å². The van der Waals surface area contributed by atoms with Crippen LogP contribution in [0.4, 0.5) is 0 Å². The Bertz CT molecular complexity index is 577. The van der Waals surface area contributed by atoms with Crippen LogP contribution in [-0.4, -0.2) is 19.3 Å². The van der Waals surface area contributed by atoms with E-state index in [0.717, 1.165) is 5.56 Å². The predicted octanol–water partition coefficient (Wildman–Crippen LogP) is 2.60. The third-order valence-corrected chi connectivity index (χ3v) is 2.76. The second kappa shape index (κ2) is 7.09. The fraction of sp³-hybridized carbons (Fsp3) is 0.125. The Morgan fingerprint density at radius 3 is 2.50 bits per heavy atom. The summed E-state index contributed by atoms with van der Waals surface area (Å²) in [5.74, 6) is -0.337. The smallest absolute Gasteiger partial charge is 0.337 e. The molecule has 0 spiro atoms. The molecule has 2 aromatic rings. The zero-order valence-electron chi connectivity index (χ0n) is 11.2. The highest BCUT2D eigenvalue weighted by Crippen LogP contribution is 2.04. The number of carbonyl (C=O) groups is 1. The first-order valence-corrected chi connectivity index (χ1v) is 6.28. The minimum atomic E-state index is -0.337. The molecule has 20 heavy (non-hydrogen) atoms. The molecule has 4 nitrogen and oxygen atoms in total. The van der Waals surface area contributed by atoms with Gasteiger partial charge in [-0.1, -0.05) is 42.5 Å². The highest BCUT2D eigenvalue weighted by molar-refractivity contribution is 5.90. The van der Waals surface area contributed by atoms with Gasteiger partial charge in [0.1, 0.15) is 0 Å². The number of carbonyl (C=O) groups excluding carboxylic acids is 1. The van der Waals surface area contributed by atoms with Crippen LogP contribution in [0.25, 0.3) is 0 Å². The number of hydrogen-bond acceptors (Lipinski definition) is 4. The third kappa shape index (κ3) is 3.95. The van der Waals surface area contributed by atoms with E-state index in [0.29, 0.717) is 12.1 Å². The maximum absolute atomic E-state index is 11.3. The molecule has 0 aliphatic heterocycles. The van der Waals surface area contributed by atoms with Gasteiger partial charge < -0.3 is 10.2 Å². The van der Waals surface area contributed by atoms with Crippen LogP contribution in [0.5, 0.6) is 0 Å². The summed E-state index contributed by atoms with van der Waals surface area (Å²) in [6.07, 6.45) is 1.71. The number of benzene rings is 2. The molecule has 2 rings (SSSR count). The second-order valence-electron chi connectivity index (χ2n) is 4.19. The van der Waals surface area contributed by atoms with Crippen molar-refractivity contribution in [3.8, 4) is 0 Å². The number of nitrogens with one attached hydrogen (secondary N) is 1. The zero-order chi connectivity index (χ0) is 14.2. The average Bonchev–Trinajstić information content (AvgIpc) is 2.52. The van der Waals surface area contributed by atoms with E-state index in [1.54, 1.807) is 18.3 Å². The molecule has 0 amide bonds. The summed E-state index contributed by atoms with van der Waals surface area (Å²) in [4.78, 5) is 11.3. The maximum Gasteiger partial charge on any atom is 0.337 e. The van der Waals surface area contributed by atoms with E-state index in [1.807, 2.05) is 42.5 Å². The molecule has 0 aliphatic rings. The van der Waals surface area contributed by atoms with Gasteiger partial charge in [-0.05, 0) is 23.3 Å². The number of hydrazone groups is 1. The van der Waals surface area contributed by atoms with Gasteiger partial charge >= 0.3 is 5.97 Å². The van der Waals surface area contributed by atoms with Gasteiger partial charge in [0.15, 0.2) is 0 Å². The summed E-state index contributed by atoms with van der Waals surface area (Å²) in [6, 6.07) is 17.1. The first-order valence-electron chi connectivity index (χ1n) is 6.28. The Morgan fingerprint density at radius 1 is 1.15 bits per heavy atom. The van der Waals surface area contributed by atoms with Gasteiger partial charge in [0.2, 0.25) is 0 Å². The van der Waals surface area contributed by atoms with E-state index >= 15 is 0 Å². The number of rotatable bonds is 5. The standard InChI is InChI=1S/C16H16N2O2/c1-20-16(19)15-9-7-14(8-10-15)12-18-17-11-13-5-3-2-4-6-13/h2-10,12,17H,11H2,1H3/b18-12+. The Hall–Kier alpha value is -2.62. The van der Waals surface area contributed by atoms with E-state index in [9.17, 15) is 4.79 Å². The van der Waals surface area contributed by atoms with E-state index in [2.05, 4.69) is 15.3 Å². The van der Waals surface area contributed by atoms with Crippen molar-refractivity contribution in [2.45, 2.75) is 6.54 Å². The summed E-state index contributed by atoms with van der Waals surface area (Å²) in [7, 11) is 1.37. The van der Waals surface area contributed by atoms with Gasteiger partial charge in [-0.2, -0.15) is 5.10 Å². The third-order valence-electron chi connectivity index (χ3n) is 2.76. The van der Waals surface area contributed by atoms with Crippen molar-refractivity contribution in [2.75, 3.05) is 7.11 Å². The lowest BCUT2D eigenvalue weighted by Crippen LogP contribution is -2.05. The molecule has 1 N–H and O–H groups in total. The number of hydrogen-bond donors (Lipinski definition) is 1. The number of ether oxygens (including phenoxy) is 1. The van der Waals surface area contributed by atoms with Gasteiger partial charge in [-0.3, -0.25) is 0 Å². The summed E-state index contributed by atoms with van der Waals surface area (Å²) < 4.78 is 4.64. The molecule has 0 bridgehead atoms. The molecule has 102 valence electrons. The van der Waals surface area contributed by atoms with Crippen LogP contribution in [0.2, 0.25) is 0 Å². The molecule has 0 heterocycles. The van der Waals surface area contributed by atoms with Crippen LogP contribution in [0.15, 0.2) is 59.7 Å². The van der Waals surface area contributed by atoms with Gasteiger partial charge in [-0.15, -0.1) is 0 Å². The molecular formula is C16H16N2O2. The largest absolute Gasteiger partial charge is 0.465 e. The van der Waals surface area contributed by atoms with Crippen LogP contribution in [0.3, 0.4) is 0 Å². The molecule has 0 saturated heterocycles. The minimum absolute atomic E-state index is 0.337. The van der Waals surface area contributed by atoms with Crippen LogP contribution in [-0.2, 0) is 11.3 Å². The summed E-state index contributed by atoms with van der Waals surface area (Å²) in [5, 5.41) is 4.14. The number of esters is 1. The lowest BCUT2D eigenvalue weighted by Gasteiger charge is -2.01. The van der Waals surface area contributed by atoms with E-state index in [-0.39, 0.29) is 5.97 Å². The molecule has 0 fully saturated rings. The van der Waals surface area contributed by atoms with Crippen LogP contribution >= 0.6 is 0 Å². The first kappa shape index (κ1) is 13.8. The highest BCUT2D eigenvalue weighted by atomic mass is 16.5. The summed E-state index contributed by atoms with van der Waals surface area (Å²) in [5.41, 5.74) is 5.59. The first-order chi connectivity index (χ1) is 9.79. The molecule has 4 heteroatoms. The van der Waals surface area contributed by atoms with Crippen LogP contribution < -0.4 is 5.43 Å². The van der Waals surface area contributed by atoms with Crippen LogP contribution in [0, 0.1) is 0 Å². The van der Waals surface area contributed by atoms with Crippen molar-refractivity contribution in [2.24, 2.45) is 5.10 Å². The monoisotopic (exact) mass is 268 g/mol. The predicted molar refractivity (Wildman–Crippen MR) is 78.7 cm³/mol. The quantitative estimate of drug-likeness (QED) is 0.515. The minimum Gasteiger partial charge on any atom is -0.465 e. The molecule has 0 saturated carbocycles. The SMILES string of the molecule is COC(=O)c1ccc(/C=N/NCc2ccccc2)cc1. The van der Waals surface area contributed by atoms with Crippen molar-refractivity contribution in [3.05, 3.63) is 71.3 Å². The zero-order valence-corrected chi connectivity index (χ0v) is 11.2. The van der Waals surface area contributed by atoms with Gasteiger partial charge in [0, 0.05) is 0 Å². The Labute approximate surface area is 118 Å². The molecule has 0 aromatic heterocycles. The maximum atomic E-state index is 11.3. The second-order valence-corrected chi connectivity index (χ2v) is 4.19. The lowest BCUT2D eigenvalue weighted by molar-refractivity contribution is 0.0601. The Balaban J connectivity index is 1.87. The number of nitrogens with zero attached hydrogens (tertiary/aromatic N) is 1. The van der Waals surface area contributed by atoms with Crippen LogP contribution in [0.1, 0.15) is 21.5 Å². The highest BCUT2D eigenvalue weighted by Gasteiger charge is 2.03. The molecule has 0 aliphatic carbocycles. The topological polar surface area (TPSA) is 50.7 Å². The normalized spacial score (nSPS) is 10.4. The Kier molecular flexibility index (Phi) is 4.89. The van der Waals surface area contributed by atoms with E-state index < -0.39 is 0 Å². The fourth-order valence-electron chi connectivity index (χ4n) is 1.68. The van der Waals surface area contributed by atoms with Gasteiger partial charge in [-0.25, -0.2) is 4.79 Å². The number of methoxy groups -OCH3 is 1. The van der Waals surface area contributed by atoms with Crippen molar-refractivity contribution < 1.29 is 9.53 Å². The summed E-state index contributed by atoms with van der Waals surface area (Å²) >= 11 is 0. The summed E-state index contributed by atoms with van der Waals surface area (Å²) in [6.45, 7) is 0.678. The molecular weight excluding hydrogens is 252 g/mol. The van der Waals surface area contributed by atoms with Crippen molar-refractivity contribution >= 4 is 12.2 Å². The molecule has 0 atom stereocenters. The van der Waals surface area contributed by atoms with Crippen molar-refractivity contribution in [1.82, 2.24) is 5.43 Å². The molecule has 0 unspecified atom stereocenters. The van der Waals surface area contributed by atoms with Crippen molar-refractivity contribution in [1.29, 1.82) is 0 Å². The van der Waals surface area contributed by atoms with Gasteiger partial charge in [0.25, 0.3) is 0 Å². The van der Waals surface area contributed by atoms with Gasteiger partial charge in [0.05, 0.1) is 25.4 Å². The Morgan fingerprint density at radius 2 is 1.85 bits per heavy atom. The van der Waals surface area contributed by atoms with E-state index in [1.165, 1.54) is 12.7 Å². The molecule has 2 aromatic carbocycles. The average molecular weight is 268 g/mol. The lowest BCUT2D eigenvalue weighted by atomic mass is 10.1. The fourth-order valence-corrected chi connectivity index (χ4v) is 1.68. The van der Waals surface area contributed by atoms with Crippen molar-refractivity contribution in [3.63, 3.8) is 0 Å².